The summed E-state index contributed by atoms with van der Waals surface area (Å²) in [7, 11) is 0. The van der Waals surface area contributed by atoms with Crippen molar-refractivity contribution in [3.05, 3.63) is 58.6 Å². The standard InChI is InChI=1S/C21H22ClN3O4/c1-10-7-12-8-13(22)3-4-15(12)18(28-10)19-16(26)17(27)21(29-19)25-6-5-14-11(2)23-9-24-20(14)25/h3-6,8-10,16-19,21,26-27H,7H2,1-2H3/t10?,16-,17+,18+,19-,21+/m0/s1. The first-order valence-electron chi connectivity index (χ1n) is 9.67. The minimum absolute atomic E-state index is 0.0549. The molecule has 29 heavy (non-hydrogen) atoms. The summed E-state index contributed by atoms with van der Waals surface area (Å²) in [5, 5.41) is 23.2. The van der Waals surface area contributed by atoms with Crippen LogP contribution in [0, 0.1) is 6.92 Å². The van der Waals surface area contributed by atoms with Gasteiger partial charge in [0.2, 0.25) is 0 Å². The van der Waals surface area contributed by atoms with E-state index in [4.69, 9.17) is 21.1 Å². The normalized spacial score (nSPS) is 31.9. The van der Waals surface area contributed by atoms with E-state index in [0.29, 0.717) is 10.7 Å². The molecule has 0 aliphatic carbocycles. The topological polar surface area (TPSA) is 89.6 Å². The van der Waals surface area contributed by atoms with Gasteiger partial charge in [-0.1, -0.05) is 17.7 Å². The van der Waals surface area contributed by atoms with Crippen LogP contribution in [0.25, 0.3) is 11.0 Å². The van der Waals surface area contributed by atoms with Gasteiger partial charge in [-0.25, -0.2) is 9.97 Å². The second-order valence-corrected chi connectivity index (χ2v) is 8.24. The number of aliphatic hydroxyl groups is 2. The van der Waals surface area contributed by atoms with Gasteiger partial charge in [0, 0.05) is 16.6 Å². The Morgan fingerprint density at radius 3 is 2.79 bits per heavy atom. The highest BCUT2D eigenvalue weighted by atomic mass is 35.5. The minimum atomic E-state index is -1.12. The molecular weight excluding hydrogens is 394 g/mol. The molecule has 152 valence electrons. The lowest BCUT2D eigenvalue weighted by molar-refractivity contribution is -0.132. The lowest BCUT2D eigenvalue weighted by atomic mass is 9.90. The molecular formula is C21H22ClN3O4. The van der Waals surface area contributed by atoms with E-state index < -0.39 is 30.6 Å². The van der Waals surface area contributed by atoms with Crippen LogP contribution in [0.3, 0.4) is 0 Å². The maximum absolute atomic E-state index is 10.8. The van der Waals surface area contributed by atoms with Crippen LogP contribution < -0.4 is 0 Å². The van der Waals surface area contributed by atoms with Gasteiger partial charge < -0.3 is 24.3 Å². The van der Waals surface area contributed by atoms with Crippen molar-refractivity contribution < 1.29 is 19.7 Å². The molecule has 8 heteroatoms. The molecule has 0 amide bonds. The maximum atomic E-state index is 10.8. The molecule has 2 aromatic heterocycles. The van der Waals surface area contributed by atoms with Crippen molar-refractivity contribution in [2.24, 2.45) is 0 Å². The third-order valence-electron chi connectivity index (χ3n) is 5.85. The van der Waals surface area contributed by atoms with Crippen LogP contribution in [0.5, 0.6) is 0 Å². The Morgan fingerprint density at radius 1 is 1.14 bits per heavy atom. The van der Waals surface area contributed by atoms with Gasteiger partial charge >= 0.3 is 0 Å². The number of aryl methyl sites for hydroxylation is 1. The fourth-order valence-corrected chi connectivity index (χ4v) is 4.63. The lowest BCUT2D eigenvalue weighted by Gasteiger charge is -2.35. The number of halogens is 1. The van der Waals surface area contributed by atoms with Gasteiger partial charge in [0.05, 0.1) is 11.8 Å². The first kappa shape index (κ1) is 19.0. The van der Waals surface area contributed by atoms with Gasteiger partial charge in [0.1, 0.15) is 36.4 Å². The number of hydrogen-bond donors (Lipinski definition) is 2. The maximum Gasteiger partial charge on any atom is 0.164 e. The van der Waals surface area contributed by atoms with Gasteiger partial charge in [-0.2, -0.15) is 0 Å². The highest BCUT2D eigenvalue weighted by molar-refractivity contribution is 6.30. The van der Waals surface area contributed by atoms with E-state index in [1.54, 1.807) is 16.8 Å². The summed E-state index contributed by atoms with van der Waals surface area (Å²) in [6.07, 6.45) is -0.278. The van der Waals surface area contributed by atoms with Crippen molar-refractivity contribution in [1.29, 1.82) is 0 Å². The van der Waals surface area contributed by atoms with E-state index in [-0.39, 0.29) is 6.10 Å². The first-order chi connectivity index (χ1) is 13.9. The zero-order valence-corrected chi connectivity index (χ0v) is 16.8. The van der Waals surface area contributed by atoms with Crippen LogP contribution in [0.4, 0.5) is 0 Å². The zero-order chi connectivity index (χ0) is 20.3. The van der Waals surface area contributed by atoms with Crippen molar-refractivity contribution in [2.75, 3.05) is 0 Å². The number of fused-ring (bicyclic) bond motifs is 2. The van der Waals surface area contributed by atoms with Crippen molar-refractivity contribution >= 4 is 22.6 Å². The molecule has 1 saturated heterocycles. The lowest BCUT2D eigenvalue weighted by Crippen LogP contribution is -2.39. The number of benzene rings is 1. The van der Waals surface area contributed by atoms with E-state index in [0.717, 1.165) is 28.6 Å². The fraction of sp³-hybridized carbons (Fsp3) is 0.429. The van der Waals surface area contributed by atoms with Crippen molar-refractivity contribution in [3.63, 3.8) is 0 Å². The number of nitrogens with zero attached hydrogens (tertiary/aromatic N) is 3. The Labute approximate surface area is 172 Å². The van der Waals surface area contributed by atoms with Crippen molar-refractivity contribution in [3.8, 4) is 0 Å². The quantitative estimate of drug-likeness (QED) is 0.669. The Balaban J connectivity index is 1.51. The molecule has 0 spiro atoms. The van der Waals surface area contributed by atoms with Crippen molar-refractivity contribution in [1.82, 2.24) is 14.5 Å². The van der Waals surface area contributed by atoms with Gasteiger partial charge in [0.25, 0.3) is 0 Å². The Hall–Kier alpha value is -2.03. The second kappa shape index (κ2) is 7.04. The molecule has 0 radical (unpaired) electrons. The Bertz CT molecular complexity index is 1070. The van der Waals surface area contributed by atoms with E-state index in [9.17, 15) is 10.2 Å². The van der Waals surface area contributed by atoms with Crippen molar-refractivity contribution in [2.45, 2.75) is 57.0 Å². The van der Waals surface area contributed by atoms with E-state index in [1.807, 2.05) is 32.0 Å². The molecule has 4 heterocycles. The molecule has 5 rings (SSSR count). The van der Waals surface area contributed by atoms with Crippen LogP contribution >= 0.6 is 11.6 Å². The summed E-state index contributed by atoms with van der Waals surface area (Å²) in [6, 6.07) is 7.53. The summed E-state index contributed by atoms with van der Waals surface area (Å²) < 4.78 is 14.1. The summed E-state index contributed by atoms with van der Waals surface area (Å²) in [5.74, 6) is 0. The molecule has 2 aliphatic rings. The predicted molar refractivity (Wildman–Crippen MR) is 107 cm³/mol. The number of hydrogen-bond acceptors (Lipinski definition) is 6. The second-order valence-electron chi connectivity index (χ2n) is 7.81. The molecule has 2 aliphatic heterocycles. The molecule has 6 atom stereocenters. The SMILES string of the molecule is Cc1ncnc2c1ccn2[C@@H]1O[C@H]([C@@H]2OC(C)Cc3cc(Cl)ccc32)[C@@H](O)[C@H]1O. The summed E-state index contributed by atoms with van der Waals surface area (Å²) in [6.45, 7) is 3.88. The highest BCUT2D eigenvalue weighted by Gasteiger charge is 2.49. The van der Waals surface area contributed by atoms with E-state index in [1.165, 1.54) is 6.33 Å². The third kappa shape index (κ3) is 3.05. The molecule has 1 unspecified atom stereocenters. The third-order valence-corrected chi connectivity index (χ3v) is 6.09. The van der Waals surface area contributed by atoms with Gasteiger partial charge in [0.15, 0.2) is 6.23 Å². The van der Waals surface area contributed by atoms with Gasteiger partial charge in [-0.15, -0.1) is 0 Å². The van der Waals surface area contributed by atoms with Crippen LogP contribution in [0.15, 0.2) is 36.8 Å². The number of ether oxygens (including phenoxy) is 2. The molecule has 7 nitrogen and oxygen atoms in total. The minimum Gasteiger partial charge on any atom is -0.387 e. The van der Waals surface area contributed by atoms with Crippen LogP contribution in [0.2, 0.25) is 5.02 Å². The van der Waals surface area contributed by atoms with E-state index >= 15 is 0 Å². The predicted octanol–water partition coefficient (Wildman–Crippen LogP) is 2.71. The monoisotopic (exact) mass is 415 g/mol. The summed E-state index contributed by atoms with van der Waals surface area (Å²) in [5.41, 5.74) is 3.50. The van der Waals surface area contributed by atoms with Crippen LogP contribution in [-0.4, -0.2) is 49.2 Å². The van der Waals surface area contributed by atoms with Crippen LogP contribution in [0.1, 0.15) is 36.1 Å². The van der Waals surface area contributed by atoms with E-state index in [2.05, 4.69) is 9.97 Å². The Morgan fingerprint density at radius 2 is 1.97 bits per heavy atom. The Kier molecular flexibility index (Phi) is 4.60. The molecule has 1 aromatic carbocycles. The van der Waals surface area contributed by atoms with Gasteiger partial charge in [-0.05, 0) is 49.6 Å². The molecule has 1 fully saturated rings. The molecule has 0 saturated carbocycles. The largest absolute Gasteiger partial charge is 0.387 e. The summed E-state index contributed by atoms with van der Waals surface area (Å²) >= 11 is 6.17. The molecule has 0 bridgehead atoms. The molecule has 3 aromatic rings. The average Bonchev–Trinajstić information content (AvgIpc) is 3.23. The van der Waals surface area contributed by atoms with Gasteiger partial charge in [-0.3, -0.25) is 0 Å². The fourth-order valence-electron chi connectivity index (χ4n) is 4.43. The first-order valence-corrected chi connectivity index (χ1v) is 10.1. The van der Waals surface area contributed by atoms with Crippen LogP contribution in [-0.2, 0) is 15.9 Å². The number of rotatable bonds is 2. The smallest absolute Gasteiger partial charge is 0.164 e. The number of aliphatic hydroxyl groups excluding tert-OH is 2. The molecule has 2 N–H and O–H groups in total. The summed E-state index contributed by atoms with van der Waals surface area (Å²) in [4.78, 5) is 8.54. The zero-order valence-electron chi connectivity index (χ0n) is 16.1. The average molecular weight is 416 g/mol. The highest BCUT2D eigenvalue weighted by Crippen LogP contribution is 2.42. The number of aromatic nitrogens is 3.